The first-order valence-electron chi connectivity index (χ1n) is 10.4. The maximum absolute atomic E-state index is 12.4. The number of piperidine rings is 1. The fourth-order valence-corrected chi connectivity index (χ4v) is 3.59. The fourth-order valence-electron chi connectivity index (χ4n) is 3.59. The van der Waals surface area contributed by atoms with Gasteiger partial charge in [-0.15, -0.1) is 0 Å². The van der Waals surface area contributed by atoms with Gasteiger partial charge >= 0.3 is 0 Å². The van der Waals surface area contributed by atoms with Crippen LogP contribution in [0.4, 0.5) is 0 Å². The smallest absolute Gasteiger partial charge is 0.224 e. The first-order chi connectivity index (χ1) is 12.5. The van der Waals surface area contributed by atoms with Crippen LogP contribution in [0, 0.1) is 11.3 Å². The number of likely N-dealkylation sites (tertiary alicyclic amines) is 1. The Bertz CT molecular complexity index is 436. The van der Waals surface area contributed by atoms with Gasteiger partial charge in [0.05, 0.1) is 0 Å². The van der Waals surface area contributed by atoms with Crippen LogP contribution >= 0.6 is 0 Å². The molecule has 0 spiro atoms. The number of aliphatic imine (C=N–C) groups is 1. The number of aliphatic hydroxyl groups excluding tert-OH is 1. The summed E-state index contributed by atoms with van der Waals surface area (Å²) in [5.74, 6) is 1.61. The normalized spacial score (nSPS) is 18.7. The van der Waals surface area contributed by atoms with Crippen molar-refractivity contribution in [1.82, 2.24) is 15.5 Å². The van der Waals surface area contributed by atoms with Crippen LogP contribution in [-0.4, -0.2) is 61.2 Å². The number of rotatable bonds is 10. The van der Waals surface area contributed by atoms with Crippen LogP contribution in [0.5, 0.6) is 0 Å². The number of nitrogens with zero attached hydrogens (tertiary/aromatic N) is 2. The van der Waals surface area contributed by atoms with E-state index in [0.29, 0.717) is 25.4 Å². The number of carbonyl (C=O) groups is 1. The van der Waals surface area contributed by atoms with Crippen molar-refractivity contribution in [3.8, 4) is 0 Å². The van der Waals surface area contributed by atoms with Crippen LogP contribution in [0.25, 0.3) is 0 Å². The van der Waals surface area contributed by atoms with E-state index in [4.69, 9.17) is 4.99 Å². The summed E-state index contributed by atoms with van der Waals surface area (Å²) in [6.07, 6.45) is 5.61. The minimum absolute atomic E-state index is 0.0524. The molecule has 1 unspecified atom stereocenters. The predicted octanol–water partition coefficient (Wildman–Crippen LogP) is 2.38. The van der Waals surface area contributed by atoms with Crippen LogP contribution in [0.1, 0.15) is 66.2 Å². The topological polar surface area (TPSA) is 77.0 Å². The molecule has 1 saturated heterocycles. The second-order valence-electron chi connectivity index (χ2n) is 7.64. The van der Waals surface area contributed by atoms with Crippen LogP contribution < -0.4 is 10.6 Å². The predicted molar refractivity (Wildman–Crippen MR) is 108 cm³/mol. The Morgan fingerprint density at radius 1 is 1.27 bits per heavy atom. The van der Waals surface area contributed by atoms with Gasteiger partial charge in [-0.2, -0.15) is 0 Å². The van der Waals surface area contributed by atoms with E-state index in [0.717, 1.165) is 51.3 Å². The number of nitrogens with one attached hydrogen (secondary N) is 2. The van der Waals surface area contributed by atoms with Crippen molar-refractivity contribution in [2.75, 3.05) is 39.3 Å². The molecule has 1 aliphatic rings. The monoisotopic (exact) mass is 368 g/mol. The summed E-state index contributed by atoms with van der Waals surface area (Å²) in [7, 11) is 0. The first kappa shape index (κ1) is 22.7. The van der Waals surface area contributed by atoms with Crippen molar-refractivity contribution in [1.29, 1.82) is 0 Å². The zero-order valence-electron chi connectivity index (χ0n) is 17.3. The van der Waals surface area contributed by atoms with Gasteiger partial charge in [0.15, 0.2) is 5.96 Å². The Balaban J connectivity index is 2.52. The van der Waals surface area contributed by atoms with Crippen molar-refractivity contribution in [2.45, 2.75) is 66.2 Å². The highest BCUT2D eigenvalue weighted by atomic mass is 16.3. The number of hydrogen-bond donors (Lipinski definition) is 3. The highest BCUT2D eigenvalue weighted by Gasteiger charge is 2.25. The molecule has 0 aliphatic carbocycles. The lowest BCUT2D eigenvalue weighted by Gasteiger charge is -2.31. The summed E-state index contributed by atoms with van der Waals surface area (Å²) < 4.78 is 0. The second-order valence-corrected chi connectivity index (χ2v) is 7.64. The van der Waals surface area contributed by atoms with Crippen molar-refractivity contribution >= 4 is 11.9 Å². The summed E-state index contributed by atoms with van der Waals surface area (Å²) in [6.45, 7) is 12.6. The van der Waals surface area contributed by atoms with Gasteiger partial charge in [-0.3, -0.25) is 9.79 Å². The molecule has 3 N–H and O–H groups in total. The molecule has 152 valence electrons. The number of guanidine groups is 1. The van der Waals surface area contributed by atoms with E-state index in [1.165, 1.54) is 6.42 Å². The van der Waals surface area contributed by atoms with E-state index < -0.39 is 0 Å². The molecule has 1 amide bonds. The van der Waals surface area contributed by atoms with Gasteiger partial charge in [0.1, 0.15) is 0 Å². The number of hydrogen-bond acceptors (Lipinski definition) is 3. The Hall–Kier alpha value is -1.30. The zero-order chi connectivity index (χ0) is 19.4. The molecule has 1 aliphatic heterocycles. The number of aliphatic hydroxyl groups is 1. The molecule has 1 fully saturated rings. The Morgan fingerprint density at radius 3 is 2.58 bits per heavy atom. The third-order valence-electron chi connectivity index (χ3n) is 5.70. The second kappa shape index (κ2) is 12.2. The maximum Gasteiger partial charge on any atom is 0.224 e. The molecule has 0 aromatic heterocycles. The van der Waals surface area contributed by atoms with Crippen LogP contribution in [0.15, 0.2) is 4.99 Å². The van der Waals surface area contributed by atoms with E-state index in [9.17, 15) is 9.90 Å². The van der Waals surface area contributed by atoms with Crippen LogP contribution in [0.2, 0.25) is 0 Å². The molecule has 1 atom stereocenters. The van der Waals surface area contributed by atoms with Gasteiger partial charge in [0, 0.05) is 45.8 Å². The first-order valence-corrected chi connectivity index (χ1v) is 10.4. The van der Waals surface area contributed by atoms with Gasteiger partial charge in [-0.1, -0.05) is 20.8 Å². The van der Waals surface area contributed by atoms with Crippen molar-refractivity contribution in [3.05, 3.63) is 0 Å². The summed E-state index contributed by atoms with van der Waals surface area (Å²) >= 11 is 0. The molecule has 0 saturated carbocycles. The lowest BCUT2D eigenvalue weighted by molar-refractivity contribution is -0.132. The van der Waals surface area contributed by atoms with Gasteiger partial charge in [-0.05, 0) is 50.4 Å². The highest BCUT2D eigenvalue weighted by Crippen LogP contribution is 2.30. The number of carbonyl (C=O) groups excluding carboxylic acids is 1. The lowest BCUT2D eigenvalue weighted by Crippen LogP contribution is -2.43. The van der Waals surface area contributed by atoms with Crippen LogP contribution in [-0.2, 0) is 4.79 Å². The summed E-state index contributed by atoms with van der Waals surface area (Å²) in [4.78, 5) is 19.1. The Morgan fingerprint density at radius 2 is 2.00 bits per heavy atom. The van der Waals surface area contributed by atoms with Gasteiger partial charge in [0.2, 0.25) is 5.91 Å². The van der Waals surface area contributed by atoms with E-state index >= 15 is 0 Å². The van der Waals surface area contributed by atoms with Crippen LogP contribution in [0.3, 0.4) is 0 Å². The minimum atomic E-state index is 0.0524. The molecule has 0 bridgehead atoms. The maximum atomic E-state index is 12.4. The third-order valence-corrected chi connectivity index (χ3v) is 5.70. The van der Waals surface area contributed by atoms with Crippen molar-refractivity contribution < 1.29 is 9.90 Å². The van der Waals surface area contributed by atoms with E-state index in [1.54, 1.807) is 0 Å². The quantitative estimate of drug-likeness (QED) is 0.409. The lowest BCUT2D eigenvalue weighted by atomic mass is 9.79. The molecule has 6 nitrogen and oxygen atoms in total. The van der Waals surface area contributed by atoms with Gasteiger partial charge in [-0.25, -0.2) is 0 Å². The van der Waals surface area contributed by atoms with Crippen molar-refractivity contribution in [2.24, 2.45) is 16.3 Å². The molecule has 1 rings (SSSR count). The summed E-state index contributed by atoms with van der Waals surface area (Å²) in [5.41, 5.74) is 0.0524. The standard InChI is InChI=1S/C20H40N4O2/c1-5-20(6-2,11-14-25)16-23-19(21-7-3)22-12-10-18(26)24-13-8-9-17(4)15-24/h17,25H,5-16H2,1-4H3,(H2,21,22,23). The molecule has 1 heterocycles. The zero-order valence-corrected chi connectivity index (χ0v) is 17.3. The molecule has 6 heteroatoms. The molecule has 0 aromatic rings. The molecule has 0 radical (unpaired) electrons. The third kappa shape index (κ3) is 7.52. The molecule has 0 aromatic carbocycles. The fraction of sp³-hybridized carbons (Fsp3) is 0.900. The Kier molecular flexibility index (Phi) is 10.6. The highest BCUT2D eigenvalue weighted by molar-refractivity contribution is 5.81. The Labute approximate surface area is 159 Å². The number of amides is 1. The molecular weight excluding hydrogens is 328 g/mol. The average Bonchev–Trinajstić information content (AvgIpc) is 2.65. The SMILES string of the molecule is CCNC(=NCC(CC)(CC)CCO)NCCC(=O)N1CCCC(C)C1. The van der Waals surface area contributed by atoms with E-state index in [2.05, 4.69) is 31.4 Å². The van der Waals surface area contributed by atoms with E-state index in [-0.39, 0.29) is 17.9 Å². The van der Waals surface area contributed by atoms with Gasteiger partial charge < -0.3 is 20.6 Å². The summed E-state index contributed by atoms with van der Waals surface area (Å²) in [6, 6.07) is 0. The summed E-state index contributed by atoms with van der Waals surface area (Å²) in [5, 5.41) is 15.9. The minimum Gasteiger partial charge on any atom is -0.396 e. The van der Waals surface area contributed by atoms with Crippen molar-refractivity contribution in [3.63, 3.8) is 0 Å². The van der Waals surface area contributed by atoms with E-state index in [1.807, 2.05) is 11.8 Å². The largest absolute Gasteiger partial charge is 0.396 e. The average molecular weight is 369 g/mol. The molecular formula is C20H40N4O2. The molecule has 26 heavy (non-hydrogen) atoms. The van der Waals surface area contributed by atoms with Gasteiger partial charge in [0.25, 0.3) is 0 Å².